The van der Waals surface area contributed by atoms with Crippen LogP contribution >= 0.6 is 11.6 Å². The van der Waals surface area contributed by atoms with Crippen LogP contribution in [0.3, 0.4) is 0 Å². The van der Waals surface area contributed by atoms with Gasteiger partial charge in [0, 0.05) is 13.1 Å². The molecule has 1 N–H and O–H groups in total. The quantitative estimate of drug-likeness (QED) is 0.931. The highest BCUT2D eigenvalue weighted by Gasteiger charge is 2.17. The summed E-state index contributed by atoms with van der Waals surface area (Å²) in [5.41, 5.74) is 3.69. The largest absolute Gasteiger partial charge is 0.454 e. The average molecular weight is 290 g/mol. The Labute approximate surface area is 123 Å². The zero-order chi connectivity index (χ0) is 13.9. The van der Waals surface area contributed by atoms with Crippen molar-refractivity contribution in [3.63, 3.8) is 0 Å². The van der Waals surface area contributed by atoms with E-state index in [1.807, 2.05) is 12.1 Å². The summed E-state index contributed by atoms with van der Waals surface area (Å²) in [6.45, 7) is 3.94. The van der Waals surface area contributed by atoms with Crippen LogP contribution in [0.5, 0.6) is 11.5 Å². The van der Waals surface area contributed by atoms with E-state index in [-0.39, 0.29) is 6.79 Å². The lowest BCUT2D eigenvalue weighted by atomic mass is 10.1. The summed E-state index contributed by atoms with van der Waals surface area (Å²) in [5.74, 6) is 1.37. The minimum Gasteiger partial charge on any atom is -0.454 e. The zero-order valence-electron chi connectivity index (χ0n) is 11.3. The Morgan fingerprint density at radius 2 is 2.00 bits per heavy atom. The first-order valence-corrected chi connectivity index (χ1v) is 6.95. The molecule has 0 spiro atoms. The van der Waals surface area contributed by atoms with Crippen LogP contribution in [-0.2, 0) is 13.1 Å². The summed E-state index contributed by atoms with van der Waals surface area (Å²) < 4.78 is 10.7. The molecule has 0 saturated heterocycles. The zero-order valence-corrected chi connectivity index (χ0v) is 12.0. The van der Waals surface area contributed by atoms with E-state index < -0.39 is 0 Å². The number of fused-ring (bicyclic) bond motifs is 1. The second-order valence-electron chi connectivity index (χ2n) is 4.84. The molecular weight excluding hydrogens is 274 g/mol. The Morgan fingerprint density at radius 1 is 1.15 bits per heavy atom. The van der Waals surface area contributed by atoms with Crippen molar-refractivity contribution in [1.29, 1.82) is 0 Å². The van der Waals surface area contributed by atoms with Crippen LogP contribution in [-0.4, -0.2) is 6.79 Å². The standard InChI is InChI=1S/C16H16ClNO2/c1-11-4-2-3-5-13(11)9-18-8-12-6-14(17)16-15(7-12)19-10-20-16/h2-7,18H,8-10H2,1H3. The van der Waals surface area contributed by atoms with E-state index in [0.717, 1.165) is 24.4 Å². The van der Waals surface area contributed by atoms with Crippen molar-refractivity contribution in [1.82, 2.24) is 5.32 Å². The molecule has 0 unspecified atom stereocenters. The number of halogens is 1. The Balaban J connectivity index is 1.65. The van der Waals surface area contributed by atoms with Gasteiger partial charge in [-0.05, 0) is 35.7 Å². The van der Waals surface area contributed by atoms with Crippen molar-refractivity contribution in [2.45, 2.75) is 20.0 Å². The first-order valence-electron chi connectivity index (χ1n) is 6.57. The number of hydrogen-bond acceptors (Lipinski definition) is 3. The maximum absolute atomic E-state index is 6.16. The van der Waals surface area contributed by atoms with E-state index >= 15 is 0 Å². The van der Waals surface area contributed by atoms with Crippen molar-refractivity contribution < 1.29 is 9.47 Å². The first-order chi connectivity index (χ1) is 9.74. The highest BCUT2D eigenvalue weighted by Crippen LogP contribution is 2.39. The molecule has 1 aliphatic rings. The van der Waals surface area contributed by atoms with Crippen LogP contribution in [0, 0.1) is 6.92 Å². The summed E-state index contributed by atoms with van der Waals surface area (Å²) in [7, 11) is 0. The van der Waals surface area contributed by atoms with Gasteiger partial charge in [-0.25, -0.2) is 0 Å². The van der Waals surface area contributed by atoms with Gasteiger partial charge in [0.2, 0.25) is 6.79 Å². The molecule has 2 aromatic carbocycles. The van der Waals surface area contributed by atoms with Gasteiger partial charge >= 0.3 is 0 Å². The van der Waals surface area contributed by atoms with E-state index in [2.05, 4.69) is 36.5 Å². The lowest BCUT2D eigenvalue weighted by molar-refractivity contribution is 0.174. The maximum Gasteiger partial charge on any atom is 0.231 e. The summed E-state index contributed by atoms with van der Waals surface area (Å²) in [4.78, 5) is 0. The fourth-order valence-corrected chi connectivity index (χ4v) is 2.56. The van der Waals surface area contributed by atoms with E-state index in [9.17, 15) is 0 Å². The molecule has 0 radical (unpaired) electrons. The van der Waals surface area contributed by atoms with Gasteiger partial charge in [-0.15, -0.1) is 0 Å². The highest BCUT2D eigenvalue weighted by atomic mass is 35.5. The molecule has 104 valence electrons. The molecule has 0 aliphatic carbocycles. The van der Waals surface area contributed by atoms with E-state index in [4.69, 9.17) is 21.1 Å². The normalized spacial score (nSPS) is 12.7. The Kier molecular flexibility index (Phi) is 3.81. The maximum atomic E-state index is 6.16. The van der Waals surface area contributed by atoms with Gasteiger partial charge in [-0.1, -0.05) is 35.9 Å². The molecule has 4 heteroatoms. The van der Waals surface area contributed by atoms with Gasteiger partial charge in [0.05, 0.1) is 5.02 Å². The number of rotatable bonds is 4. The van der Waals surface area contributed by atoms with Crippen LogP contribution in [0.2, 0.25) is 5.02 Å². The molecule has 3 nitrogen and oxygen atoms in total. The summed E-state index contributed by atoms with van der Waals surface area (Å²) in [6.07, 6.45) is 0. The van der Waals surface area contributed by atoms with Gasteiger partial charge in [0.1, 0.15) is 0 Å². The third-order valence-corrected chi connectivity index (χ3v) is 3.67. The topological polar surface area (TPSA) is 30.5 Å². The lowest BCUT2D eigenvalue weighted by Gasteiger charge is -2.09. The van der Waals surface area contributed by atoms with Gasteiger partial charge in [-0.2, -0.15) is 0 Å². The predicted molar refractivity (Wildman–Crippen MR) is 79.3 cm³/mol. The monoisotopic (exact) mass is 289 g/mol. The SMILES string of the molecule is Cc1ccccc1CNCc1cc(Cl)c2c(c1)OCO2. The number of ether oxygens (including phenoxy) is 2. The van der Waals surface area contributed by atoms with Crippen LogP contribution in [0.1, 0.15) is 16.7 Å². The second kappa shape index (κ2) is 5.73. The first kappa shape index (κ1) is 13.3. The molecule has 0 aromatic heterocycles. The van der Waals surface area contributed by atoms with Crippen molar-refractivity contribution >= 4 is 11.6 Å². The number of aryl methyl sites for hydroxylation is 1. The number of hydrogen-bond donors (Lipinski definition) is 1. The van der Waals surface area contributed by atoms with Gasteiger partial charge in [0.25, 0.3) is 0 Å². The minimum atomic E-state index is 0.245. The molecule has 0 amide bonds. The molecule has 0 saturated carbocycles. The molecular formula is C16H16ClNO2. The van der Waals surface area contributed by atoms with Gasteiger partial charge in [0.15, 0.2) is 11.5 Å². The van der Waals surface area contributed by atoms with Crippen LogP contribution in [0.25, 0.3) is 0 Å². The van der Waals surface area contributed by atoms with Gasteiger partial charge in [-0.3, -0.25) is 0 Å². The molecule has 1 aliphatic heterocycles. The van der Waals surface area contributed by atoms with Crippen molar-refractivity contribution in [2.75, 3.05) is 6.79 Å². The van der Waals surface area contributed by atoms with Crippen molar-refractivity contribution in [3.8, 4) is 11.5 Å². The fraction of sp³-hybridized carbons (Fsp3) is 0.250. The number of nitrogens with one attached hydrogen (secondary N) is 1. The summed E-state index contributed by atoms with van der Waals surface area (Å²) in [5, 5.41) is 4.03. The van der Waals surface area contributed by atoms with Gasteiger partial charge < -0.3 is 14.8 Å². The van der Waals surface area contributed by atoms with Crippen LogP contribution in [0.4, 0.5) is 0 Å². The Morgan fingerprint density at radius 3 is 2.85 bits per heavy atom. The molecule has 20 heavy (non-hydrogen) atoms. The Bertz CT molecular complexity index is 628. The number of benzene rings is 2. The lowest BCUT2D eigenvalue weighted by Crippen LogP contribution is -2.13. The van der Waals surface area contributed by atoms with E-state index in [1.54, 1.807) is 0 Å². The summed E-state index contributed by atoms with van der Waals surface area (Å²) in [6, 6.07) is 12.3. The molecule has 0 fully saturated rings. The molecule has 1 heterocycles. The van der Waals surface area contributed by atoms with Crippen molar-refractivity contribution in [3.05, 3.63) is 58.1 Å². The minimum absolute atomic E-state index is 0.245. The molecule has 0 bridgehead atoms. The Hall–Kier alpha value is -1.71. The van der Waals surface area contributed by atoms with Crippen molar-refractivity contribution in [2.24, 2.45) is 0 Å². The third kappa shape index (κ3) is 2.74. The second-order valence-corrected chi connectivity index (χ2v) is 5.25. The fourth-order valence-electron chi connectivity index (χ4n) is 2.27. The van der Waals surface area contributed by atoms with E-state index in [0.29, 0.717) is 10.8 Å². The van der Waals surface area contributed by atoms with E-state index in [1.165, 1.54) is 11.1 Å². The molecule has 3 rings (SSSR count). The smallest absolute Gasteiger partial charge is 0.231 e. The average Bonchev–Trinajstić information content (AvgIpc) is 2.90. The predicted octanol–water partition coefficient (Wildman–Crippen LogP) is 3.67. The van der Waals surface area contributed by atoms with Crippen LogP contribution < -0.4 is 14.8 Å². The van der Waals surface area contributed by atoms with Crippen LogP contribution in [0.15, 0.2) is 36.4 Å². The third-order valence-electron chi connectivity index (χ3n) is 3.39. The molecule has 0 atom stereocenters. The molecule has 2 aromatic rings. The summed E-state index contributed by atoms with van der Waals surface area (Å²) >= 11 is 6.16. The highest BCUT2D eigenvalue weighted by molar-refractivity contribution is 6.32.